The van der Waals surface area contributed by atoms with E-state index in [0.29, 0.717) is 33.7 Å². The van der Waals surface area contributed by atoms with Gasteiger partial charge in [-0.1, -0.05) is 23.2 Å². The average Bonchev–Trinajstić information content (AvgIpc) is 2.93. The number of hydrogen-bond donors (Lipinski definition) is 1. The van der Waals surface area contributed by atoms with Gasteiger partial charge in [-0.25, -0.2) is 9.98 Å². The van der Waals surface area contributed by atoms with Crippen LogP contribution in [0.4, 0.5) is 10.1 Å². The van der Waals surface area contributed by atoms with Crippen LogP contribution >= 0.6 is 23.2 Å². The van der Waals surface area contributed by atoms with Gasteiger partial charge >= 0.3 is 0 Å². The van der Waals surface area contributed by atoms with E-state index < -0.39 is 5.95 Å². The van der Waals surface area contributed by atoms with Gasteiger partial charge in [-0.3, -0.25) is 5.32 Å². The molecule has 1 N–H and O–H groups in total. The van der Waals surface area contributed by atoms with Crippen LogP contribution in [0.2, 0.25) is 10.0 Å². The maximum Gasteiger partial charge on any atom is 0.216 e. The molecule has 2 atom stereocenters. The SMILES string of the molecule is N#CNC(=Nc1ccc(Cl)c(Cl)c1)N1C2CCC1c1ccnc(F)c1C2. The van der Waals surface area contributed by atoms with Crippen LogP contribution in [0.25, 0.3) is 0 Å². The number of rotatable bonds is 1. The molecule has 1 saturated heterocycles. The molecule has 1 fully saturated rings. The van der Waals surface area contributed by atoms with Crippen molar-refractivity contribution in [2.45, 2.75) is 31.3 Å². The summed E-state index contributed by atoms with van der Waals surface area (Å²) in [5, 5.41) is 12.7. The van der Waals surface area contributed by atoms with Crippen molar-refractivity contribution in [2.75, 3.05) is 0 Å². The topological polar surface area (TPSA) is 64.3 Å². The average molecular weight is 390 g/mol. The minimum atomic E-state index is -0.407. The molecular weight excluding hydrogens is 376 g/mol. The Morgan fingerprint density at radius 1 is 1.31 bits per heavy atom. The summed E-state index contributed by atoms with van der Waals surface area (Å²) in [5.41, 5.74) is 2.16. The molecule has 132 valence electrons. The van der Waals surface area contributed by atoms with Gasteiger partial charge in [0.2, 0.25) is 11.9 Å². The molecule has 0 amide bonds. The number of guanidine groups is 1. The normalized spacial score (nSPS) is 21.3. The number of halogens is 3. The van der Waals surface area contributed by atoms with Crippen LogP contribution in [-0.4, -0.2) is 21.9 Å². The van der Waals surface area contributed by atoms with Gasteiger partial charge in [0, 0.05) is 17.8 Å². The quantitative estimate of drug-likeness (QED) is 0.259. The lowest BCUT2D eigenvalue weighted by Gasteiger charge is -2.37. The molecule has 3 heterocycles. The predicted octanol–water partition coefficient (Wildman–Crippen LogP) is 4.35. The van der Waals surface area contributed by atoms with Gasteiger partial charge < -0.3 is 4.90 Å². The summed E-state index contributed by atoms with van der Waals surface area (Å²) in [6.45, 7) is 0. The van der Waals surface area contributed by atoms with Crippen molar-refractivity contribution in [3.05, 3.63) is 57.6 Å². The van der Waals surface area contributed by atoms with Crippen molar-refractivity contribution in [3.8, 4) is 6.19 Å². The summed E-state index contributed by atoms with van der Waals surface area (Å²) in [7, 11) is 0. The number of pyridine rings is 1. The van der Waals surface area contributed by atoms with E-state index in [0.717, 1.165) is 18.4 Å². The molecule has 2 aromatic rings. The number of nitrogens with one attached hydrogen (secondary N) is 1. The molecule has 1 aromatic heterocycles. The molecule has 0 radical (unpaired) electrons. The lowest BCUT2D eigenvalue weighted by atomic mass is 9.95. The Hall–Kier alpha value is -2.36. The summed E-state index contributed by atoms with van der Waals surface area (Å²) >= 11 is 12.0. The van der Waals surface area contributed by atoms with Crippen LogP contribution in [0.3, 0.4) is 0 Å². The van der Waals surface area contributed by atoms with Crippen LogP contribution in [0.15, 0.2) is 35.5 Å². The maximum absolute atomic E-state index is 14.1. The van der Waals surface area contributed by atoms with Crippen molar-refractivity contribution >= 4 is 34.8 Å². The number of nitrogens with zero attached hydrogens (tertiary/aromatic N) is 4. The van der Waals surface area contributed by atoms with Gasteiger partial charge in [-0.2, -0.15) is 9.65 Å². The first-order valence-corrected chi connectivity index (χ1v) is 8.94. The Morgan fingerprint density at radius 2 is 2.15 bits per heavy atom. The lowest BCUT2D eigenvalue weighted by Crippen LogP contribution is -2.47. The number of aliphatic imine (C=N–C) groups is 1. The van der Waals surface area contributed by atoms with Crippen LogP contribution in [0.1, 0.15) is 30.0 Å². The highest BCUT2D eigenvalue weighted by atomic mass is 35.5. The number of hydrogen-bond acceptors (Lipinski definition) is 3. The number of fused-ring (bicyclic) bond motifs is 4. The van der Waals surface area contributed by atoms with Gasteiger partial charge in [-0.05, 0) is 49.1 Å². The second-order valence-corrected chi connectivity index (χ2v) is 7.11. The fourth-order valence-corrected chi connectivity index (χ4v) is 4.11. The summed E-state index contributed by atoms with van der Waals surface area (Å²) < 4.78 is 14.1. The summed E-state index contributed by atoms with van der Waals surface area (Å²) in [4.78, 5) is 10.4. The Bertz CT molecular complexity index is 940. The second-order valence-electron chi connectivity index (χ2n) is 6.30. The van der Waals surface area contributed by atoms with Gasteiger partial charge in [0.25, 0.3) is 0 Å². The summed E-state index contributed by atoms with van der Waals surface area (Å²) in [6, 6.07) is 6.91. The van der Waals surface area contributed by atoms with Crippen molar-refractivity contribution in [2.24, 2.45) is 4.99 Å². The minimum Gasteiger partial charge on any atom is -0.331 e. The van der Waals surface area contributed by atoms with Crippen LogP contribution in [0.5, 0.6) is 0 Å². The Kier molecular flexibility index (Phi) is 4.43. The van der Waals surface area contributed by atoms with E-state index in [2.05, 4.69) is 20.2 Å². The molecular formula is C18H14Cl2FN5. The number of benzene rings is 1. The molecule has 2 aliphatic heterocycles. The van der Waals surface area contributed by atoms with E-state index in [9.17, 15) is 9.65 Å². The molecule has 0 saturated carbocycles. The first-order valence-electron chi connectivity index (χ1n) is 8.19. The standard InChI is InChI=1S/C18H14Cl2FN5/c19-14-3-1-10(7-15(14)20)25-18(24-9-22)26-11-2-4-16(26)12-5-6-23-17(21)13(12)8-11/h1,3,5-7,11,16H,2,4,8H2,(H,24,25). The Balaban J connectivity index is 1.75. The zero-order valence-corrected chi connectivity index (χ0v) is 15.1. The summed E-state index contributed by atoms with van der Waals surface area (Å²) in [5.74, 6) is 0.0246. The van der Waals surface area contributed by atoms with Crippen molar-refractivity contribution in [1.29, 1.82) is 5.26 Å². The molecule has 0 spiro atoms. The monoisotopic (exact) mass is 389 g/mol. The molecule has 2 bridgehead atoms. The molecule has 1 aromatic carbocycles. The van der Waals surface area contributed by atoms with Crippen molar-refractivity contribution in [3.63, 3.8) is 0 Å². The molecule has 4 rings (SSSR count). The Labute approximate surface area is 160 Å². The van der Waals surface area contributed by atoms with E-state index in [4.69, 9.17) is 23.2 Å². The zero-order valence-electron chi connectivity index (χ0n) is 13.6. The smallest absolute Gasteiger partial charge is 0.216 e. The van der Waals surface area contributed by atoms with Gasteiger partial charge in [-0.15, -0.1) is 0 Å². The van der Waals surface area contributed by atoms with Crippen LogP contribution < -0.4 is 5.32 Å². The highest BCUT2D eigenvalue weighted by Gasteiger charge is 2.42. The third-order valence-electron chi connectivity index (χ3n) is 4.89. The molecule has 2 unspecified atom stereocenters. The predicted molar refractivity (Wildman–Crippen MR) is 97.8 cm³/mol. The van der Waals surface area contributed by atoms with Crippen molar-refractivity contribution < 1.29 is 4.39 Å². The molecule has 2 aliphatic rings. The van der Waals surface area contributed by atoms with Crippen LogP contribution in [0, 0.1) is 17.4 Å². The first-order chi connectivity index (χ1) is 12.6. The van der Waals surface area contributed by atoms with E-state index in [1.807, 2.05) is 12.3 Å². The highest BCUT2D eigenvalue weighted by Crippen LogP contribution is 2.44. The maximum atomic E-state index is 14.1. The fraction of sp³-hybridized carbons (Fsp3) is 0.278. The second kappa shape index (κ2) is 6.75. The third kappa shape index (κ3) is 2.87. The van der Waals surface area contributed by atoms with E-state index in [1.54, 1.807) is 18.2 Å². The highest BCUT2D eigenvalue weighted by molar-refractivity contribution is 6.42. The Morgan fingerprint density at radius 3 is 2.92 bits per heavy atom. The lowest BCUT2D eigenvalue weighted by molar-refractivity contribution is 0.282. The molecule has 0 aliphatic carbocycles. The van der Waals surface area contributed by atoms with Crippen LogP contribution in [-0.2, 0) is 6.42 Å². The van der Waals surface area contributed by atoms with Gasteiger partial charge in [0.1, 0.15) is 0 Å². The molecule has 8 heteroatoms. The fourth-order valence-electron chi connectivity index (χ4n) is 3.82. The third-order valence-corrected chi connectivity index (χ3v) is 5.63. The van der Waals surface area contributed by atoms with Gasteiger partial charge in [0.05, 0.1) is 21.8 Å². The van der Waals surface area contributed by atoms with Gasteiger partial charge in [0.15, 0.2) is 6.19 Å². The van der Waals surface area contributed by atoms with E-state index >= 15 is 0 Å². The van der Waals surface area contributed by atoms with E-state index in [1.165, 1.54) is 6.20 Å². The van der Waals surface area contributed by atoms with E-state index in [-0.39, 0.29) is 12.1 Å². The van der Waals surface area contributed by atoms with Crippen molar-refractivity contribution in [1.82, 2.24) is 15.2 Å². The number of aromatic nitrogens is 1. The zero-order chi connectivity index (χ0) is 18.3. The molecule has 5 nitrogen and oxygen atoms in total. The number of nitriles is 1. The first kappa shape index (κ1) is 17.1. The minimum absolute atomic E-state index is 0.0383. The summed E-state index contributed by atoms with van der Waals surface area (Å²) in [6.07, 6.45) is 5.74. The molecule has 26 heavy (non-hydrogen) atoms. The largest absolute Gasteiger partial charge is 0.331 e.